The number of carbonyl (C=O) groups is 2. The summed E-state index contributed by atoms with van der Waals surface area (Å²) in [6.07, 6.45) is 3.90. The summed E-state index contributed by atoms with van der Waals surface area (Å²) in [5, 5.41) is 8.50. The van der Waals surface area contributed by atoms with E-state index in [1.807, 2.05) is 0 Å². The van der Waals surface area contributed by atoms with Gasteiger partial charge in [-0.1, -0.05) is 5.57 Å². The van der Waals surface area contributed by atoms with Gasteiger partial charge >= 0.3 is 5.97 Å². The SMILES string of the molecule is O=C(O)CCCOC1C=C(F)C2=C(CCCC2=O)C1. The Morgan fingerprint density at radius 1 is 1.47 bits per heavy atom. The van der Waals surface area contributed by atoms with Crippen molar-refractivity contribution in [3.8, 4) is 0 Å². The molecule has 5 heteroatoms. The van der Waals surface area contributed by atoms with Crippen molar-refractivity contribution in [3.05, 3.63) is 23.0 Å². The van der Waals surface area contributed by atoms with Gasteiger partial charge in [-0.05, 0) is 31.8 Å². The van der Waals surface area contributed by atoms with E-state index in [1.165, 1.54) is 6.08 Å². The van der Waals surface area contributed by atoms with Crippen LogP contribution in [0.2, 0.25) is 0 Å². The van der Waals surface area contributed by atoms with E-state index in [0.717, 1.165) is 18.4 Å². The fourth-order valence-corrected chi connectivity index (χ4v) is 2.53. The monoisotopic (exact) mass is 268 g/mol. The minimum absolute atomic E-state index is 0.0470. The van der Waals surface area contributed by atoms with E-state index in [2.05, 4.69) is 0 Å². The molecule has 1 unspecified atom stereocenters. The quantitative estimate of drug-likeness (QED) is 0.778. The topological polar surface area (TPSA) is 63.6 Å². The predicted molar refractivity (Wildman–Crippen MR) is 66.3 cm³/mol. The molecule has 0 radical (unpaired) electrons. The number of carbonyl (C=O) groups excluding carboxylic acids is 1. The summed E-state index contributed by atoms with van der Waals surface area (Å²) in [7, 11) is 0. The normalized spacial score (nSPS) is 23.1. The molecule has 19 heavy (non-hydrogen) atoms. The minimum Gasteiger partial charge on any atom is -0.481 e. The van der Waals surface area contributed by atoms with Gasteiger partial charge in [-0.3, -0.25) is 9.59 Å². The average Bonchev–Trinajstić information content (AvgIpc) is 2.34. The van der Waals surface area contributed by atoms with Gasteiger partial charge in [0.1, 0.15) is 5.83 Å². The summed E-state index contributed by atoms with van der Waals surface area (Å²) in [5.41, 5.74) is 1.11. The summed E-state index contributed by atoms with van der Waals surface area (Å²) in [6, 6.07) is 0. The lowest BCUT2D eigenvalue weighted by atomic mass is 9.83. The highest BCUT2D eigenvalue weighted by molar-refractivity contribution is 6.00. The van der Waals surface area contributed by atoms with Crippen molar-refractivity contribution in [1.29, 1.82) is 0 Å². The number of ether oxygens (including phenoxy) is 1. The fraction of sp³-hybridized carbons (Fsp3) is 0.571. The van der Waals surface area contributed by atoms with E-state index in [4.69, 9.17) is 9.84 Å². The van der Waals surface area contributed by atoms with Crippen LogP contribution in [0.1, 0.15) is 38.5 Å². The number of halogens is 1. The Balaban J connectivity index is 1.90. The zero-order valence-corrected chi connectivity index (χ0v) is 10.7. The number of hydrogen-bond donors (Lipinski definition) is 1. The van der Waals surface area contributed by atoms with Gasteiger partial charge in [-0.25, -0.2) is 4.39 Å². The standard InChI is InChI=1S/C14H17FO4/c15-11-8-10(19-6-2-5-13(17)18)7-9-3-1-4-12(16)14(9)11/h8,10H,1-7H2,(H,17,18). The summed E-state index contributed by atoms with van der Waals surface area (Å²) < 4.78 is 19.3. The van der Waals surface area contributed by atoms with Gasteiger partial charge in [0.15, 0.2) is 5.78 Å². The van der Waals surface area contributed by atoms with Crippen LogP contribution < -0.4 is 0 Å². The Morgan fingerprint density at radius 3 is 3.00 bits per heavy atom. The molecule has 0 spiro atoms. The van der Waals surface area contributed by atoms with Crippen LogP contribution in [0.15, 0.2) is 23.0 Å². The molecule has 1 N–H and O–H groups in total. The fourth-order valence-electron chi connectivity index (χ4n) is 2.53. The number of allylic oxidation sites excluding steroid dienone is 2. The van der Waals surface area contributed by atoms with Gasteiger partial charge in [-0.15, -0.1) is 0 Å². The van der Waals surface area contributed by atoms with Gasteiger partial charge in [0.25, 0.3) is 0 Å². The van der Waals surface area contributed by atoms with Crippen molar-refractivity contribution in [3.63, 3.8) is 0 Å². The number of ketones is 1. The van der Waals surface area contributed by atoms with Crippen molar-refractivity contribution in [1.82, 2.24) is 0 Å². The van der Waals surface area contributed by atoms with Crippen molar-refractivity contribution >= 4 is 11.8 Å². The Kier molecular flexibility index (Phi) is 4.47. The molecular weight excluding hydrogens is 251 g/mol. The van der Waals surface area contributed by atoms with Crippen molar-refractivity contribution in [2.75, 3.05) is 6.61 Å². The van der Waals surface area contributed by atoms with Crippen LogP contribution in [0.5, 0.6) is 0 Å². The third-order valence-corrected chi connectivity index (χ3v) is 3.40. The lowest BCUT2D eigenvalue weighted by Crippen LogP contribution is -2.23. The van der Waals surface area contributed by atoms with Crippen LogP contribution in [-0.4, -0.2) is 29.6 Å². The van der Waals surface area contributed by atoms with E-state index in [-0.39, 0.29) is 30.5 Å². The molecule has 0 aromatic heterocycles. The molecule has 0 heterocycles. The molecule has 0 amide bonds. The van der Waals surface area contributed by atoms with Gasteiger partial charge < -0.3 is 9.84 Å². The van der Waals surface area contributed by atoms with Crippen LogP contribution in [0.3, 0.4) is 0 Å². The molecule has 2 aliphatic carbocycles. The molecular formula is C14H17FO4. The first kappa shape index (κ1) is 13.9. The zero-order chi connectivity index (χ0) is 13.8. The van der Waals surface area contributed by atoms with Crippen LogP contribution in [0, 0.1) is 0 Å². The number of hydrogen-bond acceptors (Lipinski definition) is 3. The number of Topliss-reactive ketones (excluding diaryl/α,β-unsaturated/α-hetero) is 1. The second-order valence-corrected chi connectivity index (χ2v) is 4.88. The molecule has 4 nitrogen and oxygen atoms in total. The molecule has 0 aromatic carbocycles. The summed E-state index contributed by atoms with van der Waals surface area (Å²) in [6.45, 7) is 0.289. The Hall–Kier alpha value is -1.49. The van der Waals surface area contributed by atoms with E-state index in [9.17, 15) is 14.0 Å². The summed E-state index contributed by atoms with van der Waals surface area (Å²) in [5.74, 6) is -1.45. The average molecular weight is 268 g/mol. The smallest absolute Gasteiger partial charge is 0.303 e. The number of rotatable bonds is 5. The first-order valence-electron chi connectivity index (χ1n) is 6.54. The molecule has 2 rings (SSSR count). The van der Waals surface area contributed by atoms with E-state index < -0.39 is 11.8 Å². The molecule has 0 aliphatic heterocycles. The van der Waals surface area contributed by atoms with E-state index >= 15 is 0 Å². The zero-order valence-electron chi connectivity index (χ0n) is 10.7. The minimum atomic E-state index is -0.864. The highest BCUT2D eigenvalue weighted by atomic mass is 19.1. The maximum absolute atomic E-state index is 13.9. The lowest BCUT2D eigenvalue weighted by Gasteiger charge is -2.26. The van der Waals surface area contributed by atoms with Crippen LogP contribution in [0.4, 0.5) is 4.39 Å². The van der Waals surface area contributed by atoms with Crippen molar-refractivity contribution in [2.24, 2.45) is 0 Å². The summed E-state index contributed by atoms with van der Waals surface area (Å²) in [4.78, 5) is 22.0. The van der Waals surface area contributed by atoms with Crippen LogP contribution in [0.25, 0.3) is 0 Å². The molecule has 0 saturated heterocycles. The largest absolute Gasteiger partial charge is 0.481 e. The highest BCUT2D eigenvalue weighted by Crippen LogP contribution is 2.35. The maximum Gasteiger partial charge on any atom is 0.303 e. The Morgan fingerprint density at radius 2 is 2.26 bits per heavy atom. The number of aliphatic carboxylic acids is 1. The highest BCUT2D eigenvalue weighted by Gasteiger charge is 2.29. The Bertz CT molecular complexity index is 450. The molecule has 1 atom stereocenters. The molecule has 0 bridgehead atoms. The molecule has 0 fully saturated rings. The van der Waals surface area contributed by atoms with Gasteiger partial charge in [0.05, 0.1) is 11.7 Å². The van der Waals surface area contributed by atoms with Crippen LogP contribution in [-0.2, 0) is 14.3 Å². The van der Waals surface area contributed by atoms with Crippen LogP contribution >= 0.6 is 0 Å². The third-order valence-electron chi connectivity index (χ3n) is 3.40. The van der Waals surface area contributed by atoms with Crippen molar-refractivity contribution < 1.29 is 23.8 Å². The van der Waals surface area contributed by atoms with Gasteiger partial charge in [-0.2, -0.15) is 0 Å². The van der Waals surface area contributed by atoms with Gasteiger partial charge in [0, 0.05) is 19.4 Å². The number of carboxylic acids is 1. The first-order valence-corrected chi connectivity index (χ1v) is 6.54. The number of carboxylic acid groups (broad SMARTS) is 1. The molecule has 0 aromatic rings. The second kappa shape index (κ2) is 6.10. The van der Waals surface area contributed by atoms with Gasteiger partial charge in [0.2, 0.25) is 0 Å². The van der Waals surface area contributed by atoms with Crippen molar-refractivity contribution in [2.45, 2.75) is 44.6 Å². The lowest BCUT2D eigenvalue weighted by molar-refractivity contribution is -0.137. The van der Waals surface area contributed by atoms with E-state index in [0.29, 0.717) is 19.3 Å². The van der Waals surface area contributed by atoms with E-state index in [1.54, 1.807) is 0 Å². The Labute approximate surface area is 110 Å². The maximum atomic E-state index is 13.9. The summed E-state index contributed by atoms with van der Waals surface area (Å²) >= 11 is 0. The predicted octanol–water partition coefficient (Wildman–Crippen LogP) is 2.54. The molecule has 2 aliphatic rings. The molecule has 0 saturated carbocycles. The second-order valence-electron chi connectivity index (χ2n) is 4.88. The molecule has 104 valence electrons. The first-order chi connectivity index (χ1) is 9.08. The third kappa shape index (κ3) is 3.50.